The smallest absolute Gasteiger partial charge is 0.305 e. The van der Waals surface area contributed by atoms with Crippen molar-refractivity contribution in [3.05, 3.63) is 42.5 Å². The van der Waals surface area contributed by atoms with Gasteiger partial charge in [-0.2, -0.15) is 0 Å². The van der Waals surface area contributed by atoms with E-state index >= 15 is 0 Å². The first-order chi connectivity index (χ1) is 9.06. The van der Waals surface area contributed by atoms with Crippen molar-refractivity contribution in [2.75, 3.05) is 11.4 Å². The number of anilines is 1. The molecule has 4 heteroatoms. The molecule has 4 nitrogen and oxygen atoms in total. The first-order valence-corrected chi connectivity index (χ1v) is 6.25. The Labute approximate surface area is 113 Å². The van der Waals surface area contributed by atoms with Gasteiger partial charge in [-0.1, -0.05) is 24.3 Å². The van der Waals surface area contributed by atoms with Gasteiger partial charge >= 0.3 is 5.97 Å². The molecule has 0 spiro atoms. The quantitative estimate of drug-likeness (QED) is 0.768. The van der Waals surface area contributed by atoms with Crippen LogP contribution in [0.1, 0.15) is 24.8 Å². The van der Waals surface area contributed by atoms with E-state index in [1.54, 1.807) is 11.0 Å². The Morgan fingerprint density at radius 1 is 1.32 bits per heavy atom. The van der Waals surface area contributed by atoms with Gasteiger partial charge in [0.1, 0.15) is 0 Å². The molecule has 0 aliphatic heterocycles. The maximum Gasteiger partial charge on any atom is 0.305 e. The molecule has 0 fully saturated rings. The summed E-state index contributed by atoms with van der Waals surface area (Å²) < 4.78 is 0. The molecule has 19 heavy (non-hydrogen) atoms. The average Bonchev–Trinajstić information content (AvgIpc) is 2.38. The number of hydrogen-bond donors (Lipinski definition) is 1. The molecule has 0 saturated carbocycles. The van der Waals surface area contributed by atoms with E-state index in [-0.39, 0.29) is 18.9 Å². The molecule has 0 heterocycles. The van der Waals surface area contributed by atoms with Crippen LogP contribution in [-0.2, 0) is 9.59 Å². The van der Waals surface area contributed by atoms with Gasteiger partial charge in [0.2, 0.25) is 5.91 Å². The summed E-state index contributed by atoms with van der Waals surface area (Å²) in [6.45, 7) is 5.69. The number of nitrogens with zero attached hydrogens (tertiary/aromatic N) is 1. The second kappa shape index (κ2) is 7.36. The number of benzene rings is 1. The topological polar surface area (TPSA) is 57.6 Å². The Bertz CT molecular complexity index is 468. The van der Waals surface area contributed by atoms with Crippen molar-refractivity contribution in [3.8, 4) is 0 Å². The van der Waals surface area contributed by atoms with Crippen LogP contribution in [0.15, 0.2) is 36.9 Å². The highest BCUT2D eigenvalue weighted by atomic mass is 16.4. The molecular formula is C15H19NO3. The third kappa shape index (κ3) is 4.58. The minimum absolute atomic E-state index is 0.0613. The second-order valence-electron chi connectivity index (χ2n) is 4.30. The molecule has 0 aliphatic carbocycles. The van der Waals surface area contributed by atoms with Crippen molar-refractivity contribution in [1.29, 1.82) is 0 Å². The molecular weight excluding hydrogens is 242 g/mol. The normalized spacial score (nSPS) is 9.95. The van der Waals surface area contributed by atoms with Gasteiger partial charge in [0.05, 0.1) is 6.42 Å². The van der Waals surface area contributed by atoms with Gasteiger partial charge in [0.25, 0.3) is 0 Å². The molecule has 1 amide bonds. The Balaban J connectivity index is 2.91. The maximum absolute atomic E-state index is 12.2. The van der Waals surface area contributed by atoms with Crippen LogP contribution in [0.4, 0.5) is 5.69 Å². The standard InChI is InChI=1S/C15H19NO3/c1-3-4-9-14(17)16(11-10-15(18)19)13-8-6-5-7-12(13)2/h3,5-8H,1,4,9-11H2,2H3,(H,18,19). The molecule has 102 valence electrons. The van der Waals surface area contributed by atoms with E-state index in [1.165, 1.54) is 0 Å². The zero-order chi connectivity index (χ0) is 14.3. The first kappa shape index (κ1) is 15.0. The fraction of sp³-hybridized carbons (Fsp3) is 0.333. The summed E-state index contributed by atoms with van der Waals surface area (Å²) in [6.07, 6.45) is 2.56. The van der Waals surface area contributed by atoms with Crippen LogP contribution >= 0.6 is 0 Å². The molecule has 1 aromatic rings. The lowest BCUT2D eigenvalue weighted by molar-refractivity contribution is -0.136. The maximum atomic E-state index is 12.2. The van der Waals surface area contributed by atoms with Gasteiger partial charge in [-0.3, -0.25) is 9.59 Å². The second-order valence-corrected chi connectivity index (χ2v) is 4.30. The summed E-state index contributed by atoms with van der Waals surface area (Å²) in [7, 11) is 0. The summed E-state index contributed by atoms with van der Waals surface area (Å²) in [5.41, 5.74) is 1.73. The van der Waals surface area contributed by atoms with E-state index in [2.05, 4.69) is 6.58 Å². The Morgan fingerprint density at radius 2 is 2.00 bits per heavy atom. The van der Waals surface area contributed by atoms with E-state index in [1.807, 2.05) is 31.2 Å². The number of hydrogen-bond acceptors (Lipinski definition) is 2. The van der Waals surface area contributed by atoms with Crippen molar-refractivity contribution in [3.63, 3.8) is 0 Å². The fourth-order valence-electron chi connectivity index (χ4n) is 1.81. The molecule has 0 aliphatic rings. The number of rotatable bonds is 7. The zero-order valence-electron chi connectivity index (χ0n) is 11.1. The Morgan fingerprint density at radius 3 is 2.58 bits per heavy atom. The van der Waals surface area contributed by atoms with Crippen molar-refractivity contribution in [2.24, 2.45) is 0 Å². The summed E-state index contributed by atoms with van der Waals surface area (Å²) in [4.78, 5) is 24.4. The Kier molecular flexibility index (Phi) is 5.79. The highest BCUT2D eigenvalue weighted by molar-refractivity contribution is 5.94. The van der Waals surface area contributed by atoms with Crippen LogP contribution in [0.2, 0.25) is 0 Å². The van der Waals surface area contributed by atoms with E-state index in [0.717, 1.165) is 11.3 Å². The van der Waals surface area contributed by atoms with Gasteiger partial charge in [-0.15, -0.1) is 6.58 Å². The van der Waals surface area contributed by atoms with Crippen LogP contribution < -0.4 is 4.90 Å². The number of para-hydroxylation sites is 1. The van der Waals surface area contributed by atoms with Gasteiger partial charge in [0.15, 0.2) is 0 Å². The van der Waals surface area contributed by atoms with E-state index < -0.39 is 5.97 Å². The van der Waals surface area contributed by atoms with Gasteiger partial charge in [-0.05, 0) is 25.0 Å². The van der Waals surface area contributed by atoms with E-state index in [4.69, 9.17) is 5.11 Å². The molecule has 0 bridgehead atoms. The van der Waals surface area contributed by atoms with Crippen molar-refractivity contribution in [1.82, 2.24) is 0 Å². The summed E-state index contributed by atoms with van der Waals surface area (Å²) in [5.74, 6) is -0.981. The van der Waals surface area contributed by atoms with Crippen molar-refractivity contribution < 1.29 is 14.7 Å². The third-order valence-electron chi connectivity index (χ3n) is 2.82. The number of aryl methyl sites for hydroxylation is 1. The van der Waals surface area contributed by atoms with Crippen LogP contribution in [0, 0.1) is 6.92 Å². The lowest BCUT2D eigenvalue weighted by Crippen LogP contribution is -2.33. The summed E-state index contributed by atoms with van der Waals surface area (Å²) in [5, 5.41) is 8.78. The lowest BCUT2D eigenvalue weighted by Gasteiger charge is -2.23. The highest BCUT2D eigenvalue weighted by Crippen LogP contribution is 2.21. The molecule has 0 unspecified atom stereocenters. The van der Waals surface area contributed by atoms with Crippen molar-refractivity contribution in [2.45, 2.75) is 26.2 Å². The number of carboxylic acids is 1. The number of amides is 1. The third-order valence-corrected chi connectivity index (χ3v) is 2.82. The number of allylic oxidation sites excluding steroid dienone is 1. The monoisotopic (exact) mass is 261 g/mol. The molecule has 0 atom stereocenters. The van der Waals surface area contributed by atoms with Gasteiger partial charge < -0.3 is 10.0 Å². The number of carbonyl (C=O) groups excluding carboxylic acids is 1. The largest absolute Gasteiger partial charge is 0.481 e. The average molecular weight is 261 g/mol. The Hall–Kier alpha value is -2.10. The van der Waals surface area contributed by atoms with E-state index in [0.29, 0.717) is 12.8 Å². The zero-order valence-corrected chi connectivity index (χ0v) is 11.1. The number of aliphatic carboxylic acids is 1. The van der Waals surface area contributed by atoms with Crippen LogP contribution in [-0.4, -0.2) is 23.5 Å². The molecule has 0 aromatic heterocycles. The minimum atomic E-state index is -0.907. The van der Waals surface area contributed by atoms with Crippen molar-refractivity contribution >= 4 is 17.6 Å². The van der Waals surface area contributed by atoms with Crippen LogP contribution in [0.25, 0.3) is 0 Å². The fourth-order valence-corrected chi connectivity index (χ4v) is 1.81. The minimum Gasteiger partial charge on any atom is -0.481 e. The van der Waals surface area contributed by atoms with Crippen LogP contribution in [0.3, 0.4) is 0 Å². The molecule has 1 rings (SSSR count). The molecule has 0 radical (unpaired) electrons. The predicted octanol–water partition coefficient (Wildman–Crippen LogP) is 2.77. The first-order valence-electron chi connectivity index (χ1n) is 6.25. The van der Waals surface area contributed by atoms with E-state index in [9.17, 15) is 9.59 Å². The summed E-state index contributed by atoms with van der Waals surface area (Å²) in [6, 6.07) is 7.48. The SMILES string of the molecule is C=CCCC(=O)N(CCC(=O)O)c1ccccc1C. The predicted molar refractivity (Wildman–Crippen MR) is 75.2 cm³/mol. The molecule has 1 N–H and O–H groups in total. The van der Waals surface area contributed by atoms with Crippen LogP contribution in [0.5, 0.6) is 0 Å². The lowest BCUT2D eigenvalue weighted by atomic mass is 10.1. The van der Waals surface area contributed by atoms with Gasteiger partial charge in [-0.25, -0.2) is 0 Å². The number of carboxylic acid groups (broad SMARTS) is 1. The molecule has 0 saturated heterocycles. The number of carbonyl (C=O) groups is 2. The highest BCUT2D eigenvalue weighted by Gasteiger charge is 2.17. The van der Waals surface area contributed by atoms with Gasteiger partial charge in [0, 0.05) is 18.7 Å². The molecule has 1 aromatic carbocycles. The summed E-state index contributed by atoms with van der Waals surface area (Å²) >= 11 is 0.